The molecule has 1 aliphatic heterocycles. The Bertz CT molecular complexity index is 898. The third-order valence-corrected chi connectivity index (χ3v) is 6.10. The number of carbonyl (C=O) groups is 2. The zero-order chi connectivity index (χ0) is 19.0. The number of benzene rings is 1. The number of thioether (sulfide) groups is 1. The minimum atomic E-state index is -0.486. The molecule has 0 spiro atoms. The number of methoxy groups -OCH3 is 1. The first-order valence-electron chi connectivity index (χ1n) is 9.10. The summed E-state index contributed by atoms with van der Waals surface area (Å²) in [5.74, 6) is 0.271. The molecule has 2 aromatic rings. The van der Waals surface area contributed by atoms with Crippen molar-refractivity contribution in [1.29, 1.82) is 0 Å². The predicted molar refractivity (Wildman–Crippen MR) is 103 cm³/mol. The monoisotopic (exact) mass is 383 g/mol. The van der Waals surface area contributed by atoms with Gasteiger partial charge in [0.2, 0.25) is 11.8 Å². The van der Waals surface area contributed by atoms with Crippen molar-refractivity contribution in [3.05, 3.63) is 41.2 Å². The summed E-state index contributed by atoms with van der Waals surface area (Å²) in [5, 5.41) is 0.108. The van der Waals surface area contributed by atoms with Gasteiger partial charge in [-0.3, -0.25) is 9.59 Å². The van der Waals surface area contributed by atoms with Gasteiger partial charge in [-0.1, -0.05) is 11.8 Å². The zero-order valence-electron chi connectivity index (χ0n) is 15.4. The van der Waals surface area contributed by atoms with Gasteiger partial charge in [0.25, 0.3) is 0 Å². The number of anilines is 1. The van der Waals surface area contributed by atoms with Crippen LogP contribution in [-0.4, -0.2) is 34.1 Å². The van der Waals surface area contributed by atoms with Gasteiger partial charge in [-0.05, 0) is 62.4 Å². The van der Waals surface area contributed by atoms with Crippen LogP contribution in [0.1, 0.15) is 36.2 Å². The number of amides is 2. The van der Waals surface area contributed by atoms with Crippen LogP contribution in [0.15, 0.2) is 29.4 Å². The average molecular weight is 383 g/mol. The Kier molecular flexibility index (Phi) is 4.86. The van der Waals surface area contributed by atoms with Crippen LogP contribution in [0, 0.1) is 6.92 Å². The molecule has 6 nitrogen and oxygen atoms in total. The highest BCUT2D eigenvalue weighted by Gasteiger charge is 2.40. The molecule has 0 radical (unpaired) electrons. The van der Waals surface area contributed by atoms with Crippen molar-refractivity contribution in [3.8, 4) is 5.75 Å². The lowest BCUT2D eigenvalue weighted by molar-refractivity contribution is -0.121. The van der Waals surface area contributed by atoms with Gasteiger partial charge in [-0.2, -0.15) is 0 Å². The van der Waals surface area contributed by atoms with E-state index in [4.69, 9.17) is 4.74 Å². The van der Waals surface area contributed by atoms with Crippen LogP contribution in [0.3, 0.4) is 0 Å². The summed E-state index contributed by atoms with van der Waals surface area (Å²) in [5.41, 5.74) is 3.90. The number of carbonyl (C=O) groups excluding carboxylic acids is 2. The lowest BCUT2D eigenvalue weighted by atomic mass is 9.95. The van der Waals surface area contributed by atoms with Gasteiger partial charge in [-0.15, -0.1) is 0 Å². The van der Waals surface area contributed by atoms with Crippen molar-refractivity contribution >= 4 is 29.3 Å². The fourth-order valence-electron chi connectivity index (χ4n) is 3.63. The number of nitrogens with zero attached hydrogens (tertiary/aromatic N) is 3. The molecule has 1 aromatic heterocycles. The van der Waals surface area contributed by atoms with Crippen LogP contribution in [0.4, 0.5) is 5.69 Å². The Labute approximate surface area is 162 Å². The normalized spacial score (nSPS) is 19.3. The van der Waals surface area contributed by atoms with Gasteiger partial charge in [0, 0.05) is 17.8 Å². The van der Waals surface area contributed by atoms with E-state index < -0.39 is 5.25 Å². The topological polar surface area (TPSA) is 72.4 Å². The second-order valence-electron chi connectivity index (χ2n) is 6.80. The van der Waals surface area contributed by atoms with Crippen LogP contribution >= 0.6 is 11.8 Å². The molecule has 1 aliphatic carbocycles. The quantitative estimate of drug-likeness (QED) is 0.597. The summed E-state index contributed by atoms with van der Waals surface area (Å²) in [6.45, 7) is 2.00. The first kappa shape index (κ1) is 18.0. The van der Waals surface area contributed by atoms with Crippen molar-refractivity contribution in [2.24, 2.45) is 0 Å². The van der Waals surface area contributed by atoms with Gasteiger partial charge in [0.15, 0.2) is 5.16 Å². The minimum Gasteiger partial charge on any atom is -0.497 e. The maximum Gasteiger partial charge on any atom is 0.247 e. The highest BCUT2D eigenvalue weighted by Crippen LogP contribution is 2.34. The second-order valence-corrected chi connectivity index (χ2v) is 7.97. The van der Waals surface area contributed by atoms with Crippen LogP contribution in [0.2, 0.25) is 0 Å². The SMILES string of the molecule is COc1ccc(N2C(=O)C[C@@H](Sc3nc(C)c4c(n3)CCCC4)C2=O)cc1. The predicted octanol–water partition coefficient (Wildman–Crippen LogP) is 3.10. The number of ether oxygens (including phenoxy) is 1. The molecule has 0 bridgehead atoms. The molecular weight excluding hydrogens is 362 g/mol. The number of hydrogen-bond acceptors (Lipinski definition) is 6. The summed E-state index contributed by atoms with van der Waals surface area (Å²) >= 11 is 1.30. The summed E-state index contributed by atoms with van der Waals surface area (Å²) in [6.07, 6.45) is 4.46. The Hall–Kier alpha value is -2.41. The van der Waals surface area contributed by atoms with E-state index in [0.29, 0.717) is 16.6 Å². The highest BCUT2D eigenvalue weighted by atomic mass is 32.2. The van der Waals surface area contributed by atoms with E-state index in [1.807, 2.05) is 6.92 Å². The molecule has 1 fully saturated rings. The van der Waals surface area contributed by atoms with E-state index in [-0.39, 0.29) is 18.2 Å². The number of rotatable bonds is 4. The van der Waals surface area contributed by atoms with E-state index in [1.54, 1.807) is 31.4 Å². The van der Waals surface area contributed by atoms with Crippen LogP contribution < -0.4 is 9.64 Å². The maximum atomic E-state index is 12.8. The highest BCUT2D eigenvalue weighted by molar-refractivity contribution is 8.00. The van der Waals surface area contributed by atoms with Crippen molar-refractivity contribution in [2.45, 2.75) is 49.4 Å². The molecule has 2 amide bonds. The lowest BCUT2D eigenvalue weighted by Gasteiger charge is -2.18. The van der Waals surface area contributed by atoms with E-state index in [1.165, 1.54) is 28.6 Å². The Morgan fingerprint density at radius 2 is 1.85 bits per heavy atom. The number of hydrogen-bond donors (Lipinski definition) is 0. The Morgan fingerprint density at radius 3 is 2.59 bits per heavy atom. The number of fused-ring (bicyclic) bond motifs is 1. The minimum absolute atomic E-state index is 0.162. The van der Waals surface area contributed by atoms with Gasteiger partial charge in [0.05, 0.1) is 12.8 Å². The van der Waals surface area contributed by atoms with Gasteiger partial charge in [-0.25, -0.2) is 14.9 Å². The van der Waals surface area contributed by atoms with E-state index >= 15 is 0 Å². The number of aromatic nitrogens is 2. The van der Waals surface area contributed by atoms with E-state index in [2.05, 4.69) is 9.97 Å². The van der Waals surface area contributed by atoms with Crippen LogP contribution in [0.5, 0.6) is 5.75 Å². The zero-order valence-corrected chi connectivity index (χ0v) is 16.2. The Balaban J connectivity index is 1.54. The molecule has 7 heteroatoms. The molecular formula is C20H21N3O3S. The largest absolute Gasteiger partial charge is 0.497 e. The van der Waals surface area contributed by atoms with Crippen molar-refractivity contribution in [1.82, 2.24) is 9.97 Å². The third kappa shape index (κ3) is 3.43. The summed E-state index contributed by atoms with van der Waals surface area (Å²) in [4.78, 5) is 35.8. The fraction of sp³-hybridized carbons (Fsp3) is 0.400. The smallest absolute Gasteiger partial charge is 0.247 e. The summed E-state index contributed by atoms with van der Waals surface area (Å²) < 4.78 is 5.13. The molecule has 140 valence electrons. The van der Waals surface area contributed by atoms with Gasteiger partial charge >= 0.3 is 0 Å². The third-order valence-electron chi connectivity index (χ3n) is 5.05. The van der Waals surface area contributed by atoms with Crippen LogP contribution in [0.25, 0.3) is 0 Å². The van der Waals surface area contributed by atoms with E-state index in [0.717, 1.165) is 30.7 Å². The lowest BCUT2D eigenvalue weighted by Crippen LogP contribution is -2.31. The molecule has 0 N–H and O–H groups in total. The fourth-order valence-corrected chi connectivity index (χ4v) is 4.67. The van der Waals surface area contributed by atoms with Crippen molar-refractivity contribution in [2.75, 3.05) is 12.0 Å². The number of imide groups is 1. The molecule has 1 aromatic carbocycles. The first-order chi connectivity index (χ1) is 13.1. The number of aryl methyl sites for hydroxylation is 2. The average Bonchev–Trinajstić information content (AvgIpc) is 2.95. The molecule has 2 aliphatic rings. The van der Waals surface area contributed by atoms with Gasteiger partial charge < -0.3 is 4.74 Å². The van der Waals surface area contributed by atoms with Crippen LogP contribution in [-0.2, 0) is 22.4 Å². The van der Waals surface area contributed by atoms with E-state index in [9.17, 15) is 9.59 Å². The maximum absolute atomic E-state index is 12.8. The summed E-state index contributed by atoms with van der Waals surface area (Å²) in [7, 11) is 1.58. The molecule has 1 atom stereocenters. The first-order valence-corrected chi connectivity index (χ1v) is 9.98. The summed E-state index contributed by atoms with van der Waals surface area (Å²) in [6, 6.07) is 6.93. The molecule has 4 rings (SSSR count). The molecule has 27 heavy (non-hydrogen) atoms. The Morgan fingerprint density at radius 1 is 1.11 bits per heavy atom. The van der Waals surface area contributed by atoms with Crippen molar-refractivity contribution < 1.29 is 14.3 Å². The standard InChI is InChI=1S/C20H21N3O3S/c1-12-15-5-3-4-6-16(15)22-20(21-12)27-17-11-18(24)23(19(17)25)13-7-9-14(26-2)10-8-13/h7-10,17H,3-6,11H2,1-2H3/t17-/m1/s1. The molecule has 2 heterocycles. The molecule has 0 saturated carbocycles. The van der Waals surface area contributed by atoms with Gasteiger partial charge in [0.1, 0.15) is 11.0 Å². The molecule has 1 saturated heterocycles. The second kappa shape index (κ2) is 7.31. The van der Waals surface area contributed by atoms with Crippen molar-refractivity contribution in [3.63, 3.8) is 0 Å². The molecule has 0 unspecified atom stereocenters.